The fraction of sp³-hybridized carbons (Fsp3) is 0.227. The van der Waals surface area contributed by atoms with Gasteiger partial charge in [-0.25, -0.2) is 4.79 Å². The number of hydrogen-bond donors (Lipinski definition) is 2. The molecule has 6 nitrogen and oxygen atoms in total. The van der Waals surface area contributed by atoms with Crippen LogP contribution in [-0.4, -0.2) is 27.5 Å². The van der Waals surface area contributed by atoms with Crippen LogP contribution in [0.25, 0.3) is 0 Å². The summed E-state index contributed by atoms with van der Waals surface area (Å²) >= 11 is 8.99. The second kappa shape index (κ2) is 9.86. The quantitative estimate of drug-likeness (QED) is 0.364. The first-order valence-electron chi connectivity index (χ1n) is 9.51. The molecule has 30 heavy (non-hydrogen) atoms. The van der Waals surface area contributed by atoms with Crippen molar-refractivity contribution in [1.82, 2.24) is 9.78 Å². The third kappa shape index (κ3) is 5.46. The zero-order chi connectivity index (χ0) is 21.7. The highest BCUT2D eigenvalue weighted by Crippen LogP contribution is 2.21. The van der Waals surface area contributed by atoms with E-state index >= 15 is 0 Å². The topological polar surface area (TPSA) is 68.2 Å². The van der Waals surface area contributed by atoms with Crippen molar-refractivity contribution in [1.29, 1.82) is 0 Å². The predicted octanol–water partition coefficient (Wildman–Crippen LogP) is 5.30. The molecule has 2 N–H and O–H groups in total. The minimum Gasteiger partial charge on any atom is -0.462 e. The highest BCUT2D eigenvalue weighted by atomic mass is 79.9. The van der Waals surface area contributed by atoms with Gasteiger partial charge in [0.25, 0.3) is 0 Å². The van der Waals surface area contributed by atoms with Crippen LogP contribution in [0.5, 0.6) is 0 Å². The van der Waals surface area contributed by atoms with Crippen molar-refractivity contribution in [3.8, 4) is 0 Å². The largest absolute Gasteiger partial charge is 0.462 e. The Hall–Kier alpha value is -2.71. The van der Waals surface area contributed by atoms with Crippen LogP contribution in [-0.2, 0) is 11.3 Å². The van der Waals surface area contributed by atoms with Gasteiger partial charge in [0, 0.05) is 11.4 Å². The first-order valence-corrected chi connectivity index (χ1v) is 10.7. The number of hydrogen-bond acceptors (Lipinski definition) is 4. The number of halogens is 1. The molecule has 0 bridgehead atoms. The maximum Gasteiger partial charge on any atom is 0.338 e. The summed E-state index contributed by atoms with van der Waals surface area (Å²) in [4.78, 5) is 11.7. The molecule has 0 aliphatic carbocycles. The van der Waals surface area contributed by atoms with E-state index < -0.39 is 0 Å². The highest BCUT2D eigenvalue weighted by Gasteiger charge is 2.10. The Morgan fingerprint density at radius 3 is 2.47 bits per heavy atom. The van der Waals surface area contributed by atoms with Crippen LogP contribution in [0.4, 0.5) is 11.4 Å². The lowest BCUT2D eigenvalue weighted by molar-refractivity contribution is 0.0526. The van der Waals surface area contributed by atoms with E-state index in [1.54, 1.807) is 31.2 Å². The summed E-state index contributed by atoms with van der Waals surface area (Å²) in [5.74, 6) is -0.337. The Labute approximate surface area is 189 Å². The Morgan fingerprint density at radius 2 is 1.83 bits per heavy atom. The molecule has 0 aliphatic heterocycles. The Kier molecular flexibility index (Phi) is 7.23. The van der Waals surface area contributed by atoms with E-state index in [-0.39, 0.29) is 5.97 Å². The summed E-state index contributed by atoms with van der Waals surface area (Å²) in [5.41, 5.74) is 5.35. The van der Waals surface area contributed by atoms with Gasteiger partial charge in [-0.3, -0.25) is 4.68 Å². The number of ether oxygens (including phenoxy) is 1. The third-order valence-electron chi connectivity index (χ3n) is 4.46. The SMILES string of the molecule is CCOC(=O)c1ccc(NC(=S)Nc2cccc(Cn3nc(C)c(Br)c3C)c2)cc1. The number of aromatic nitrogens is 2. The van der Waals surface area contributed by atoms with E-state index in [0.717, 1.165) is 32.8 Å². The fourth-order valence-corrected chi connectivity index (χ4v) is 3.47. The van der Waals surface area contributed by atoms with Crippen LogP contribution in [0, 0.1) is 13.8 Å². The maximum absolute atomic E-state index is 11.7. The lowest BCUT2D eigenvalue weighted by atomic mass is 10.2. The van der Waals surface area contributed by atoms with Gasteiger partial charge in [0.05, 0.1) is 34.6 Å². The second-order valence-corrected chi connectivity index (χ2v) is 7.92. The van der Waals surface area contributed by atoms with Crippen molar-refractivity contribution in [3.05, 3.63) is 75.5 Å². The fourth-order valence-electron chi connectivity index (χ4n) is 2.95. The predicted molar refractivity (Wildman–Crippen MR) is 127 cm³/mol. The average molecular weight is 487 g/mol. The molecular weight excluding hydrogens is 464 g/mol. The number of aryl methyl sites for hydroxylation is 1. The molecule has 0 saturated carbocycles. The van der Waals surface area contributed by atoms with E-state index in [2.05, 4.69) is 37.7 Å². The normalized spacial score (nSPS) is 10.5. The van der Waals surface area contributed by atoms with E-state index in [1.165, 1.54) is 0 Å². The molecular formula is C22H23BrN4O2S. The van der Waals surface area contributed by atoms with Crippen molar-refractivity contribution in [3.63, 3.8) is 0 Å². The van der Waals surface area contributed by atoms with Gasteiger partial charge in [0.1, 0.15) is 0 Å². The van der Waals surface area contributed by atoms with Crippen molar-refractivity contribution >= 4 is 50.6 Å². The van der Waals surface area contributed by atoms with E-state index in [0.29, 0.717) is 23.8 Å². The molecule has 3 aromatic rings. The number of nitrogens with one attached hydrogen (secondary N) is 2. The minimum atomic E-state index is -0.337. The smallest absolute Gasteiger partial charge is 0.338 e. The maximum atomic E-state index is 11.7. The first-order chi connectivity index (χ1) is 14.4. The minimum absolute atomic E-state index is 0.337. The van der Waals surface area contributed by atoms with Crippen molar-refractivity contribution in [2.45, 2.75) is 27.3 Å². The van der Waals surface area contributed by atoms with Crippen LogP contribution in [0.2, 0.25) is 0 Å². The molecule has 0 fully saturated rings. The van der Waals surface area contributed by atoms with Gasteiger partial charge >= 0.3 is 5.97 Å². The Bertz CT molecular complexity index is 1060. The molecule has 156 valence electrons. The molecule has 0 amide bonds. The summed E-state index contributed by atoms with van der Waals surface area (Å²) in [6.45, 7) is 6.82. The zero-order valence-electron chi connectivity index (χ0n) is 17.0. The van der Waals surface area contributed by atoms with E-state index in [4.69, 9.17) is 17.0 Å². The Balaban J connectivity index is 1.62. The van der Waals surface area contributed by atoms with Crippen LogP contribution in [0.1, 0.15) is 34.2 Å². The summed E-state index contributed by atoms with van der Waals surface area (Å²) < 4.78 is 8.00. The molecule has 3 rings (SSSR count). The van der Waals surface area contributed by atoms with E-state index in [9.17, 15) is 4.79 Å². The molecule has 0 atom stereocenters. The van der Waals surface area contributed by atoms with Crippen LogP contribution in [0.3, 0.4) is 0 Å². The molecule has 8 heteroatoms. The number of anilines is 2. The van der Waals surface area contributed by atoms with Crippen LogP contribution in [0.15, 0.2) is 53.0 Å². The monoisotopic (exact) mass is 486 g/mol. The number of nitrogens with zero attached hydrogens (tertiary/aromatic N) is 2. The molecule has 1 heterocycles. The average Bonchev–Trinajstić information content (AvgIpc) is 2.95. The van der Waals surface area contributed by atoms with Gasteiger partial charge in [-0.15, -0.1) is 0 Å². The number of esters is 1. The second-order valence-electron chi connectivity index (χ2n) is 6.72. The number of carbonyl (C=O) groups excluding carboxylic acids is 1. The van der Waals surface area contributed by atoms with Crippen molar-refractivity contribution < 1.29 is 9.53 Å². The van der Waals surface area contributed by atoms with Gasteiger partial charge in [-0.1, -0.05) is 12.1 Å². The Morgan fingerprint density at radius 1 is 1.13 bits per heavy atom. The van der Waals surface area contributed by atoms with Crippen LogP contribution < -0.4 is 10.6 Å². The van der Waals surface area contributed by atoms with Crippen LogP contribution >= 0.6 is 28.1 Å². The number of carbonyl (C=O) groups is 1. The molecule has 0 spiro atoms. The molecule has 0 saturated heterocycles. The number of thiocarbonyl (C=S) groups is 1. The molecule has 0 unspecified atom stereocenters. The van der Waals surface area contributed by atoms with Gasteiger partial charge in [-0.05, 0) is 90.9 Å². The molecule has 0 aliphatic rings. The summed E-state index contributed by atoms with van der Waals surface area (Å²) in [5, 5.41) is 11.3. The molecule has 2 aromatic carbocycles. The van der Waals surface area contributed by atoms with Crippen molar-refractivity contribution in [2.24, 2.45) is 0 Å². The summed E-state index contributed by atoms with van der Waals surface area (Å²) in [6, 6.07) is 15.0. The number of rotatable bonds is 6. The standard InChI is InChI=1S/C22H23BrN4O2S/c1-4-29-21(28)17-8-10-18(11-9-17)24-22(30)25-19-7-5-6-16(12-19)13-27-15(3)20(23)14(2)26-27/h5-12H,4,13H2,1-3H3,(H2,24,25,30). The first kappa shape index (κ1) is 22.0. The summed E-state index contributed by atoms with van der Waals surface area (Å²) in [6.07, 6.45) is 0. The summed E-state index contributed by atoms with van der Waals surface area (Å²) in [7, 11) is 0. The van der Waals surface area contributed by atoms with E-state index in [1.807, 2.05) is 36.7 Å². The zero-order valence-corrected chi connectivity index (χ0v) is 19.4. The number of benzene rings is 2. The lowest BCUT2D eigenvalue weighted by Gasteiger charge is -2.12. The molecule has 1 aromatic heterocycles. The van der Waals surface area contributed by atoms with Gasteiger partial charge < -0.3 is 15.4 Å². The highest BCUT2D eigenvalue weighted by molar-refractivity contribution is 9.10. The van der Waals surface area contributed by atoms with Gasteiger partial charge in [-0.2, -0.15) is 5.10 Å². The molecule has 0 radical (unpaired) electrons. The third-order valence-corrected chi connectivity index (χ3v) is 5.82. The van der Waals surface area contributed by atoms with Gasteiger partial charge in [0.2, 0.25) is 0 Å². The van der Waals surface area contributed by atoms with Crippen molar-refractivity contribution in [2.75, 3.05) is 17.2 Å². The lowest BCUT2D eigenvalue weighted by Crippen LogP contribution is -2.19. The van der Waals surface area contributed by atoms with Gasteiger partial charge in [0.15, 0.2) is 5.11 Å².